The van der Waals surface area contributed by atoms with Gasteiger partial charge < -0.3 is 10.5 Å². The van der Waals surface area contributed by atoms with Gasteiger partial charge in [-0.05, 0) is 0 Å². The fourth-order valence-electron chi connectivity index (χ4n) is 1.53. The Balaban J connectivity index is 2.50. The lowest BCUT2D eigenvalue weighted by Crippen LogP contribution is -2.13. The predicted octanol–water partition coefficient (Wildman–Crippen LogP) is 2.69. The van der Waals surface area contributed by atoms with E-state index in [0.29, 0.717) is 11.7 Å². The summed E-state index contributed by atoms with van der Waals surface area (Å²) in [5.74, 6) is 0. The molecule has 18 heavy (non-hydrogen) atoms. The van der Waals surface area contributed by atoms with Crippen molar-refractivity contribution in [1.82, 2.24) is 15.2 Å². The van der Waals surface area contributed by atoms with Gasteiger partial charge in [-0.25, -0.2) is 4.98 Å². The van der Waals surface area contributed by atoms with Crippen LogP contribution in [0.3, 0.4) is 0 Å². The molecule has 2 N–H and O–H groups in total. The van der Waals surface area contributed by atoms with Crippen molar-refractivity contribution in [2.24, 2.45) is 0 Å². The Morgan fingerprint density at radius 3 is 2.44 bits per heavy atom. The van der Waals surface area contributed by atoms with Gasteiger partial charge in [0, 0.05) is 12.5 Å². The maximum Gasteiger partial charge on any atom is 0.203 e. The molecular weight excluding hydrogens is 268 g/mol. The van der Waals surface area contributed by atoms with E-state index in [9.17, 15) is 0 Å². The molecule has 2 aromatic heterocycles. The third-order valence-corrected chi connectivity index (χ3v) is 4.22. The Labute approximate surface area is 114 Å². The van der Waals surface area contributed by atoms with Crippen LogP contribution in [0.15, 0.2) is 0 Å². The number of hydrogen-bond donors (Lipinski definition) is 1. The third kappa shape index (κ3) is 2.68. The number of methoxy groups -OCH3 is 1. The number of aromatic nitrogens is 3. The SMILES string of the molecule is COCc1nc(C(C)(C)C)c(-c2nnc(N)s2)s1. The van der Waals surface area contributed by atoms with E-state index in [-0.39, 0.29) is 5.41 Å². The molecule has 2 rings (SSSR count). The fraction of sp³-hybridized carbons (Fsp3) is 0.545. The molecule has 0 atom stereocenters. The molecule has 0 amide bonds. The Hall–Kier alpha value is -1.05. The summed E-state index contributed by atoms with van der Waals surface area (Å²) in [6, 6.07) is 0. The summed E-state index contributed by atoms with van der Waals surface area (Å²) in [5, 5.41) is 10.2. The van der Waals surface area contributed by atoms with Crippen molar-refractivity contribution >= 4 is 27.8 Å². The summed E-state index contributed by atoms with van der Waals surface area (Å²) in [6.45, 7) is 6.91. The Morgan fingerprint density at radius 2 is 1.94 bits per heavy atom. The largest absolute Gasteiger partial charge is 0.378 e. The minimum atomic E-state index is -0.0434. The normalized spacial score (nSPS) is 12.0. The summed E-state index contributed by atoms with van der Waals surface area (Å²) >= 11 is 2.98. The number of thiazole rings is 1. The topological polar surface area (TPSA) is 73.9 Å². The van der Waals surface area contributed by atoms with Crippen molar-refractivity contribution in [2.75, 3.05) is 12.8 Å². The van der Waals surface area contributed by atoms with Crippen LogP contribution in [0.4, 0.5) is 5.13 Å². The van der Waals surface area contributed by atoms with Crippen LogP contribution in [0.5, 0.6) is 0 Å². The van der Waals surface area contributed by atoms with E-state index in [1.54, 1.807) is 18.4 Å². The second-order valence-electron chi connectivity index (χ2n) is 4.91. The first-order valence-corrected chi connectivity index (χ1v) is 7.13. The highest BCUT2D eigenvalue weighted by Gasteiger charge is 2.25. The molecule has 0 saturated carbocycles. The number of ether oxygens (including phenoxy) is 1. The second-order valence-corrected chi connectivity index (χ2v) is 7.01. The van der Waals surface area contributed by atoms with Crippen molar-refractivity contribution in [3.63, 3.8) is 0 Å². The van der Waals surface area contributed by atoms with Crippen molar-refractivity contribution in [3.05, 3.63) is 10.7 Å². The second kappa shape index (κ2) is 4.91. The van der Waals surface area contributed by atoms with Crippen LogP contribution >= 0.6 is 22.7 Å². The van der Waals surface area contributed by atoms with Crippen molar-refractivity contribution in [1.29, 1.82) is 0 Å². The molecule has 0 spiro atoms. The van der Waals surface area contributed by atoms with Crippen LogP contribution in [0, 0.1) is 0 Å². The number of hydrogen-bond acceptors (Lipinski definition) is 7. The number of rotatable bonds is 3. The number of anilines is 1. The number of nitrogens with two attached hydrogens (primary N) is 1. The minimum absolute atomic E-state index is 0.0434. The van der Waals surface area contributed by atoms with E-state index in [2.05, 4.69) is 36.0 Å². The average Bonchev–Trinajstić information content (AvgIpc) is 2.83. The van der Waals surface area contributed by atoms with Gasteiger partial charge in [0.2, 0.25) is 5.13 Å². The molecule has 5 nitrogen and oxygen atoms in total. The van der Waals surface area contributed by atoms with Crippen LogP contribution in [-0.2, 0) is 16.8 Å². The first-order valence-electron chi connectivity index (χ1n) is 5.50. The standard InChI is InChI=1S/C11H16N4OS2/c1-11(2,3)8-7(9-14-15-10(12)18-9)17-6(13-8)5-16-4/h5H2,1-4H3,(H2,12,15). The summed E-state index contributed by atoms with van der Waals surface area (Å²) in [5.41, 5.74) is 6.63. The molecule has 98 valence electrons. The van der Waals surface area contributed by atoms with E-state index in [1.807, 2.05) is 0 Å². The van der Waals surface area contributed by atoms with Crippen LogP contribution < -0.4 is 5.73 Å². The highest BCUT2D eigenvalue weighted by Crippen LogP contribution is 2.38. The molecule has 2 aromatic rings. The van der Waals surface area contributed by atoms with Gasteiger partial charge in [0.1, 0.15) is 5.01 Å². The minimum Gasteiger partial charge on any atom is -0.378 e. The van der Waals surface area contributed by atoms with Crippen molar-refractivity contribution in [2.45, 2.75) is 32.8 Å². The molecule has 0 aliphatic carbocycles. The van der Waals surface area contributed by atoms with Crippen LogP contribution in [0.2, 0.25) is 0 Å². The van der Waals surface area contributed by atoms with Crippen LogP contribution in [0.1, 0.15) is 31.5 Å². The van der Waals surface area contributed by atoms with Gasteiger partial charge in [-0.3, -0.25) is 0 Å². The van der Waals surface area contributed by atoms with Gasteiger partial charge in [-0.1, -0.05) is 32.1 Å². The van der Waals surface area contributed by atoms with Gasteiger partial charge in [0.25, 0.3) is 0 Å². The molecule has 2 heterocycles. The highest BCUT2D eigenvalue weighted by atomic mass is 32.1. The monoisotopic (exact) mass is 284 g/mol. The summed E-state index contributed by atoms with van der Waals surface area (Å²) in [7, 11) is 1.67. The summed E-state index contributed by atoms with van der Waals surface area (Å²) in [4.78, 5) is 5.69. The van der Waals surface area contributed by atoms with Gasteiger partial charge in [0.15, 0.2) is 5.01 Å². The number of nitrogen functional groups attached to an aromatic ring is 1. The molecule has 0 aliphatic heterocycles. The zero-order chi connectivity index (χ0) is 13.3. The lowest BCUT2D eigenvalue weighted by Gasteiger charge is -2.16. The first kappa shape index (κ1) is 13.4. The van der Waals surface area contributed by atoms with Crippen molar-refractivity contribution in [3.8, 4) is 9.88 Å². The summed E-state index contributed by atoms with van der Waals surface area (Å²) < 4.78 is 5.14. The molecule has 0 unspecified atom stereocenters. The Morgan fingerprint density at radius 1 is 1.22 bits per heavy atom. The van der Waals surface area contributed by atoms with Gasteiger partial charge in [-0.2, -0.15) is 0 Å². The Bertz CT molecular complexity index is 541. The number of nitrogens with zero attached hydrogens (tertiary/aromatic N) is 3. The molecule has 0 radical (unpaired) electrons. The molecule has 7 heteroatoms. The maximum absolute atomic E-state index is 5.64. The molecule has 0 aromatic carbocycles. The van der Waals surface area contributed by atoms with Gasteiger partial charge in [0.05, 0.1) is 17.2 Å². The highest BCUT2D eigenvalue weighted by molar-refractivity contribution is 7.23. The third-order valence-electron chi connectivity index (χ3n) is 2.28. The van der Waals surface area contributed by atoms with E-state index in [1.165, 1.54) is 11.3 Å². The first-order chi connectivity index (χ1) is 8.41. The van der Waals surface area contributed by atoms with E-state index in [4.69, 9.17) is 10.5 Å². The van der Waals surface area contributed by atoms with Crippen LogP contribution in [0.25, 0.3) is 9.88 Å². The van der Waals surface area contributed by atoms with E-state index < -0.39 is 0 Å². The molecule has 0 saturated heterocycles. The molecule has 0 fully saturated rings. The molecule has 0 aliphatic rings. The zero-order valence-electron chi connectivity index (χ0n) is 10.9. The zero-order valence-corrected chi connectivity index (χ0v) is 12.5. The smallest absolute Gasteiger partial charge is 0.203 e. The molecule has 0 bridgehead atoms. The van der Waals surface area contributed by atoms with Gasteiger partial charge in [-0.15, -0.1) is 21.5 Å². The van der Waals surface area contributed by atoms with E-state index in [0.717, 1.165) is 20.6 Å². The Kier molecular flexibility index (Phi) is 3.65. The quantitative estimate of drug-likeness (QED) is 0.938. The average molecular weight is 284 g/mol. The van der Waals surface area contributed by atoms with Crippen molar-refractivity contribution < 1.29 is 4.74 Å². The predicted molar refractivity (Wildman–Crippen MR) is 74.8 cm³/mol. The van der Waals surface area contributed by atoms with E-state index >= 15 is 0 Å². The van der Waals surface area contributed by atoms with Crippen LogP contribution in [-0.4, -0.2) is 22.3 Å². The maximum atomic E-state index is 5.64. The lowest BCUT2D eigenvalue weighted by atomic mass is 9.91. The molecular formula is C11H16N4OS2. The fourth-order valence-corrected chi connectivity index (χ4v) is 3.46. The lowest BCUT2D eigenvalue weighted by molar-refractivity contribution is 0.184. The van der Waals surface area contributed by atoms with Gasteiger partial charge >= 0.3 is 0 Å². The summed E-state index contributed by atoms with van der Waals surface area (Å²) in [6.07, 6.45) is 0.